The molecule has 1 aromatic heterocycles. The Bertz CT molecular complexity index is 610. The molecule has 0 amide bonds. The highest BCUT2D eigenvalue weighted by Gasteiger charge is 2.30. The molecule has 0 saturated heterocycles. The fraction of sp³-hybridized carbons (Fsp3) is 0.357. The molecule has 2 aromatic rings. The van der Waals surface area contributed by atoms with Crippen LogP contribution in [-0.2, 0) is 13.2 Å². The van der Waals surface area contributed by atoms with E-state index in [9.17, 15) is 13.2 Å². The summed E-state index contributed by atoms with van der Waals surface area (Å²) in [4.78, 5) is 0. The lowest BCUT2D eigenvalue weighted by molar-refractivity contribution is -0.137. The van der Waals surface area contributed by atoms with E-state index in [0.717, 1.165) is 17.7 Å². The molecule has 0 aliphatic rings. The number of hydrogen-bond acceptors (Lipinski definition) is 2. The van der Waals surface area contributed by atoms with Gasteiger partial charge in [0.15, 0.2) is 0 Å². The Labute approximate surface area is 115 Å². The van der Waals surface area contributed by atoms with Gasteiger partial charge in [-0.15, -0.1) is 0 Å². The number of hydrogen-bond donors (Lipinski definition) is 1. The highest BCUT2D eigenvalue weighted by atomic mass is 19.4. The lowest BCUT2D eigenvalue weighted by atomic mass is 9.98. The van der Waals surface area contributed by atoms with E-state index in [4.69, 9.17) is 5.73 Å². The van der Waals surface area contributed by atoms with Crippen LogP contribution in [0, 0.1) is 0 Å². The highest BCUT2D eigenvalue weighted by Crippen LogP contribution is 2.35. The number of halogens is 3. The first-order valence-corrected chi connectivity index (χ1v) is 6.21. The molecule has 0 spiro atoms. The molecule has 6 heteroatoms. The van der Waals surface area contributed by atoms with Crippen molar-refractivity contribution >= 4 is 5.82 Å². The van der Waals surface area contributed by atoms with Crippen molar-refractivity contribution in [2.45, 2.75) is 25.9 Å². The Morgan fingerprint density at radius 1 is 1.15 bits per heavy atom. The number of anilines is 1. The second-order valence-electron chi connectivity index (χ2n) is 5.00. The molecule has 0 bridgehead atoms. The third-order valence-electron chi connectivity index (χ3n) is 3.19. The average Bonchev–Trinajstić information content (AvgIpc) is 2.65. The Morgan fingerprint density at radius 3 is 2.15 bits per heavy atom. The van der Waals surface area contributed by atoms with Crippen LogP contribution in [-0.4, -0.2) is 9.78 Å². The molecule has 1 aromatic carbocycles. The molecule has 108 valence electrons. The summed E-state index contributed by atoms with van der Waals surface area (Å²) in [5.74, 6) is 0.677. The number of nitrogens with two attached hydrogens (primary N) is 1. The lowest BCUT2D eigenvalue weighted by Crippen LogP contribution is -2.04. The molecule has 1 heterocycles. The van der Waals surface area contributed by atoms with Gasteiger partial charge in [-0.1, -0.05) is 26.0 Å². The zero-order valence-electron chi connectivity index (χ0n) is 11.5. The summed E-state index contributed by atoms with van der Waals surface area (Å²) in [5.41, 5.74) is 7.41. The number of nitrogen functional groups attached to an aromatic ring is 1. The average molecular weight is 283 g/mol. The first-order chi connectivity index (χ1) is 9.21. The second kappa shape index (κ2) is 4.85. The van der Waals surface area contributed by atoms with Crippen molar-refractivity contribution in [2.75, 3.05) is 5.73 Å². The molecular formula is C14H16F3N3. The van der Waals surface area contributed by atoms with Gasteiger partial charge in [0, 0.05) is 18.2 Å². The summed E-state index contributed by atoms with van der Waals surface area (Å²) in [7, 11) is 1.72. The predicted molar refractivity (Wildman–Crippen MR) is 72.1 cm³/mol. The standard InChI is InChI=1S/C14H16F3N3/c1-8(2)11-12(19-20(3)13(11)18)9-4-6-10(7-5-9)14(15,16)17/h4-8H,18H2,1-3H3. The first kappa shape index (κ1) is 14.4. The van der Waals surface area contributed by atoms with Gasteiger partial charge in [0.25, 0.3) is 0 Å². The Kier molecular flexibility index (Phi) is 3.50. The normalized spacial score (nSPS) is 12.2. The summed E-state index contributed by atoms with van der Waals surface area (Å²) < 4.78 is 39.2. The summed E-state index contributed by atoms with van der Waals surface area (Å²) in [6, 6.07) is 4.97. The zero-order chi connectivity index (χ0) is 15.1. The Hall–Kier alpha value is -1.98. The molecule has 0 aliphatic carbocycles. The second-order valence-corrected chi connectivity index (χ2v) is 5.00. The SMILES string of the molecule is CC(C)c1c(-c2ccc(C(F)(F)F)cc2)nn(C)c1N. The summed E-state index contributed by atoms with van der Waals surface area (Å²) in [6.07, 6.45) is -4.33. The molecule has 0 unspecified atom stereocenters. The van der Waals surface area contributed by atoms with Gasteiger partial charge in [0.1, 0.15) is 5.82 Å². The van der Waals surface area contributed by atoms with Crippen molar-refractivity contribution in [1.29, 1.82) is 0 Å². The number of rotatable bonds is 2. The van der Waals surface area contributed by atoms with Gasteiger partial charge in [-0.3, -0.25) is 4.68 Å². The van der Waals surface area contributed by atoms with Crippen LogP contribution in [0.1, 0.15) is 30.9 Å². The maximum absolute atomic E-state index is 12.6. The van der Waals surface area contributed by atoms with E-state index >= 15 is 0 Å². The van der Waals surface area contributed by atoms with Crippen LogP contribution < -0.4 is 5.73 Å². The largest absolute Gasteiger partial charge is 0.416 e. The van der Waals surface area contributed by atoms with Crippen LogP contribution in [0.4, 0.5) is 19.0 Å². The number of aromatic nitrogens is 2. The van der Waals surface area contributed by atoms with Crippen LogP contribution in [0.5, 0.6) is 0 Å². The van der Waals surface area contributed by atoms with E-state index in [1.165, 1.54) is 12.1 Å². The van der Waals surface area contributed by atoms with Gasteiger partial charge in [0.2, 0.25) is 0 Å². The van der Waals surface area contributed by atoms with Crippen LogP contribution in [0.25, 0.3) is 11.3 Å². The molecule has 0 aliphatic heterocycles. The van der Waals surface area contributed by atoms with E-state index in [1.807, 2.05) is 13.8 Å². The minimum absolute atomic E-state index is 0.140. The van der Waals surface area contributed by atoms with Crippen LogP contribution in [0.15, 0.2) is 24.3 Å². The maximum atomic E-state index is 12.6. The minimum atomic E-state index is -4.33. The smallest absolute Gasteiger partial charge is 0.384 e. The summed E-state index contributed by atoms with van der Waals surface area (Å²) >= 11 is 0. The topological polar surface area (TPSA) is 43.8 Å². The van der Waals surface area contributed by atoms with Crippen molar-refractivity contribution in [3.63, 3.8) is 0 Å². The first-order valence-electron chi connectivity index (χ1n) is 6.21. The molecule has 3 nitrogen and oxygen atoms in total. The van der Waals surface area contributed by atoms with Gasteiger partial charge < -0.3 is 5.73 Å². The highest BCUT2D eigenvalue weighted by molar-refractivity contribution is 5.69. The van der Waals surface area contributed by atoms with E-state index in [0.29, 0.717) is 17.1 Å². The molecule has 2 rings (SSSR count). The minimum Gasteiger partial charge on any atom is -0.384 e. The van der Waals surface area contributed by atoms with Crippen molar-refractivity contribution < 1.29 is 13.2 Å². The van der Waals surface area contributed by atoms with Gasteiger partial charge in [-0.25, -0.2) is 0 Å². The number of nitrogens with zero attached hydrogens (tertiary/aromatic N) is 2. The van der Waals surface area contributed by atoms with Gasteiger partial charge in [-0.05, 0) is 18.1 Å². The number of aryl methyl sites for hydroxylation is 1. The molecule has 2 N–H and O–H groups in total. The number of alkyl halides is 3. The van der Waals surface area contributed by atoms with Crippen LogP contribution >= 0.6 is 0 Å². The van der Waals surface area contributed by atoms with E-state index in [2.05, 4.69) is 5.10 Å². The summed E-state index contributed by atoms with van der Waals surface area (Å²) in [6.45, 7) is 3.95. The van der Waals surface area contributed by atoms with Gasteiger partial charge in [-0.2, -0.15) is 18.3 Å². The predicted octanol–water partition coefficient (Wildman–Crippen LogP) is 3.81. The monoisotopic (exact) mass is 283 g/mol. The van der Waals surface area contributed by atoms with Crippen LogP contribution in [0.3, 0.4) is 0 Å². The fourth-order valence-corrected chi connectivity index (χ4v) is 2.15. The third-order valence-corrected chi connectivity index (χ3v) is 3.19. The molecule has 0 fully saturated rings. The Balaban J connectivity index is 2.50. The van der Waals surface area contributed by atoms with E-state index in [-0.39, 0.29) is 5.92 Å². The van der Waals surface area contributed by atoms with Crippen LogP contribution in [0.2, 0.25) is 0 Å². The lowest BCUT2D eigenvalue weighted by Gasteiger charge is -2.09. The quantitative estimate of drug-likeness (QED) is 0.910. The fourth-order valence-electron chi connectivity index (χ4n) is 2.15. The molecular weight excluding hydrogens is 267 g/mol. The van der Waals surface area contributed by atoms with E-state index in [1.54, 1.807) is 11.7 Å². The van der Waals surface area contributed by atoms with Crippen molar-refractivity contribution in [2.24, 2.45) is 7.05 Å². The van der Waals surface area contributed by atoms with Gasteiger partial charge in [0.05, 0.1) is 11.3 Å². The zero-order valence-corrected chi connectivity index (χ0v) is 11.5. The molecule has 0 saturated carbocycles. The van der Waals surface area contributed by atoms with E-state index < -0.39 is 11.7 Å². The summed E-state index contributed by atoms with van der Waals surface area (Å²) in [5, 5.41) is 4.30. The number of benzene rings is 1. The van der Waals surface area contributed by atoms with Crippen molar-refractivity contribution in [3.8, 4) is 11.3 Å². The van der Waals surface area contributed by atoms with Gasteiger partial charge >= 0.3 is 6.18 Å². The Morgan fingerprint density at radius 2 is 1.70 bits per heavy atom. The van der Waals surface area contributed by atoms with Crippen molar-refractivity contribution in [3.05, 3.63) is 35.4 Å². The maximum Gasteiger partial charge on any atom is 0.416 e. The molecule has 20 heavy (non-hydrogen) atoms. The third kappa shape index (κ3) is 2.50. The molecule has 0 radical (unpaired) electrons. The molecule has 0 atom stereocenters. The van der Waals surface area contributed by atoms with Crippen molar-refractivity contribution in [1.82, 2.24) is 9.78 Å².